The molecular weight excluding hydrogens is 387 g/mol. The lowest BCUT2D eigenvalue weighted by molar-refractivity contribution is -0.137. The van der Waals surface area contributed by atoms with E-state index in [1.54, 1.807) is 0 Å². The molecule has 3 rings (SSSR count). The molecule has 1 aliphatic rings. The van der Waals surface area contributed by atoms with Crippen molar-refractivity contribution in [1.82, 2.24) is 15.5 Å². The number of nitrogens with zero attached hydrogens (tertiary/aromatic N) is 1. The summed E-state index contributed by atoms with van der Waals surface area (Å²) in [6, 6.07) is 7.85. The van der Waals surface area contributed by atoms with Crippen LogP contribution in [-0.4, -0.2) is 42.4 Å². The summed E-state index contributed by atoms with van der Waals surface area (Å²) in [6.45, 7) is 3.70. The molecule has 2 N–H and O–H groups in total. The van der Waals surface area contributed by atoms with Crippen LogP contribution in [0.2, 0.25) is 0 Å². The molecule has 0 aliphatic carbocycles. The molecule has 1 aromatic carbocycles. The van der Waals surface area contributed by atoms with Crippen LogP contribution >= 0.6 is 0 Å². The number of benzene rings is 1. The topological polar surface area (TPSA) is 74.6 Å². The van der Waals surface area contributed by atoms with E-state index in [2.05, 4.69) is 15.5 Å². The second kappa shape index (κ2) is 8.69. The van der Waals surface area contributed by atoms with Gasteiger partial charge in [0, 0.05) is 24.7 Å². The summed E-state index contributed by atoms with van der Waals surface area (Å²) < 4.78 is 43.8. The van der Waals surface area contributed by atoms with Crippen molar-refractivity contribution in [3.05, 3.63) is 59.0 Å². The van der Waals surface area contributed by atoms with Crippen molar-refractivity contribution in [3.63, 3.8) is 0 Å². The number of furan rings is 1. The van der Waals surface area contributed by atoms with E-state index in [9.17, 15) is 22.8 Å². The Bertz CT molecular complexity index is 879. The second-order valence-corrected chi connectivity index (χ2v) is 7.06. The normalized spacial score (nSPS) is 17.3. The molecule has 1 saturated heterocycles. The predicted molar refractivity (Wildman–Crippen MR) is 99.0 cm³/mol. The van der Waals surface area contributed by atoms with Crippen LogP contribution in [0.3, 0.4) is 0 Å². The van der Waals surface area contributed by atoms with Gasteiger partial charge in [-0.2, -0.15) is 13.2 Å². The summed E-state index contributed by atoms with van der Waals surface area (Å²) in [4.78, 5) is 26.3. The molecule has 1 fully saturated rings. The number of nitrogens with one attached hydrogen (secondary N) is 2. The quantitative estimate of drug-likeness (QED) is 0.770. The van der Waals surface area contributed by atoms with Gasteiger partial charge in [-0.05, 0) is 43.7 Å². The fourth-order valence-electron chi connectivity index (χ4n) is 3.26. The minimum atomic E-state index is -4.53. The Kier molecular flexibility index (Phi) is 6.26. The van der Waals surface area contributed by atoms with Crippen LogP contribution in [0.15, 0.2) is 40.8 Å². The SMILES string of the molecule is Cc1ccc(CN2CC[C@@H](NC(=O)CNC(=O)c3cccc(C(F)(F)F)c3)C2)o1. The number of hydrogen-bond acceptors (Lipinski definition) is 4. The smallest absolute Gasteiger partial charge is 0.416 e. The van der Waals surface area contributed by atoms with Gasteiger partial charge in [0.2, 0.25) is 5.91 Å². The van der Waals surface area contributed by atoms with E-state index >= 15 is 0 Å². The monoisotopic (exact) mass is 409 g/mol. The summed E-state index contributed by atoms with van der Waals surface area (Å²) in [6.07, 6.45) is -3.76. The van der Waals surface area contributed by atoms with Crippen molar-refractivity contribution in [1.29, 1.82) is 0 Å². The zero-order valence-electron chi connectivity index (χ0n) is 15.9. The number of rotatable bonds is 6. The highest BCUT2D eigenvalue weighted by Crippen LogP contribution is 2.29. The van der Waals surface area contributed by atoms with Gasteiger partial charge >= 0.3 is 6.18 Å². The Morgan fingerprint density at radius 2 is 2.03 bits per heavy atom. The average molecular weight is 409 g/mol. The Morgan fingerprint density at radius 1 is 1.24 bits per heavy atom. The minimum Gasteiger partial charge on any atom is -0.465 e. The van der Waals surface area contributed by atoms with Gasteiger partial charge in [0.15, 0.2) is 0 Å². The Morgan fingerprint density at radius 3 is 2.72 bits per heavy atom. The van der Waals surface area contributed by atoms with Gasteiger partial charge in [0.1, 0.15) is 11.5 Å². The maximum absolute atomic E-state index is 12.7. The molecular formula is C20H22F3N3O3. The number of amides is 2. The van der Waals surface area contributed by atoms with Crippen LogP contribution in [-0.2, 0) is 17.5 Å². The highest BCUT2D eigenvalue weighted by Gasteiger charge is 2.31. The Labute approximate surface area is 166 Å². The van der Waals surface area contributed by atoms with Crippen molar-refractivity contribution in [2.75, 3.05) is 19.6 Å². The second-order valence-electron chi connectivity index (χ2n) is 7.06. The molecule has 6 nitrogen and oxygen atoms in total. The lowest BCUT2D eigenvalue weighted by atomic mass is 10.1. The van der Waals surface area contributed by atoms with Gasteiger partial charge in [-0.25, -0.2) is 0 Å². The molecule has 1 aliphatic heterocycles. The lowest BCUT2D eigenvalue weighted by Crippen LogP contribution is -2.43. The predicted octanol–water partition coefficient (Wildman–Crippen LogP) is 2.73. The molecule has 0 spiro atoms. The lowest BCUT2D eigenvalue weighted by Gasteiger charge is -2.16. The first-order chi connectivity index (χ1) is 13.7. The van der Waals surface area contributed by atoms with E-state index in [1.807, 2.05) is 19.1 Å². The van der Waals surface area contributed by atoms with E-state index in [0.717, 1.165) is 42.7 Å². The van der Waals surface area contributed by atoms with Crippen LogP contribution in [0.4, 0.5) is 13.2 Å². The molecule has 0 radical (unpaired) electrons. The molecule has 0 bridgehead atoms. The van der Waals surface area contributed by atoms with Crippen molar-refractivity contribution in [2.45, 2.75) is 32.1 Å². The minimum absolute atomic E-state index is 0.0518. The zero-order chi connectivity index (χ0) is 21.0. The molecule has 2 aromatic rings. The van der Waals surface area contributed by atoms with Crippen LogP contribution in [0.1, 0.15) is 33.9 Å². The van der Waals surface area contributed by atoms with E-state index in [-0.39, 0.29) is 24.1 Å². The first-order valence-corrected chi connectivity index (χ1v) is 9.23. The summed E-state index contributed by atoms with van der Waals surface area (Å²) in [5.41, 5.74) is -1.05. The van der Waals surface area contributed by atoms with Crippen LogP contribution in [0.25, 0.3) is 0 Å². The summed E-state index contributed by atoms with van der Waals surface area (Å²) in [5.74, 6) is 0.599. The number of halogens is 3. The highest BCUT2D eigenvalue weighted by molar-refractivity contribution is 5.96. The fourth-order valence-corrected chi connectivity index (χ4v) is 3.26. The molecule has 156 valence electrons. The third-order valence-corrected chi connectivity index (χ3v) is 4.67. The molecule has 2 heterocycles. The van der Waals surface area contributed by atoms with Crippen LogP contribution < -0.4 is 10.6 Å². The molecule has 1 atom stereocenters. The molecule has 1 aromatic heterocycles. The van der Waals surface area contributed by atoms with Gasteiger partial charge in [0.25, 0.3) is 5.91 Å². The van der Waals surface area contributed by atoms with E-state index < -0.39 is 17.6 Å². The number of carbonyl (C=O) groups is 2. The number of carbonyl (C=O) groups excluding carboxylic acids is 2. The van der Waals surface area contributed by atoms with Crippen LogP contribution in [0, 0.1) is 6.92 Å². The third-order valence-electron chi connectivity index (χ3n) is 4.67. The molecule has 2 amide bonds. The van der Waals surface area contributed by atoms with Crippen molar-refractivity contribution in [2.24, 2.45) is 0 Å². The van der Waals surface area contributed by atoms with Crippen LogP contribution in [0.5, 0.6) is 0 Å². The number of alkyl halides is 3. The van der Waals surface area contributed by atoms with Gasteiger partial charge in [-0.1, -0.05) is 6.07 Å². The maximum atomic E-state index is 12.7. The summed E-state index contributed by atoms with van der Waals surface area (Å²) in [7, 11) is 0. The van der Waals surface area contributed by atoms with E-state index in [0.29, 0.717) is 13.1 Å². The van der Waals surface area contributed by atoms with E-state index in [4.69, 9.17) is 4.42 Å². The van der Waals surface area contributed by atoms with Gasteiger partial charge in [0.05, 0.1) is 18.7 Å². The van der Waals surface area contributed by atoms with E-state index in [1.165, 1.54) is 6.07 Å². The first-order valence-electron chi connectivity index (χ1n) is 9.23. The average Bonchev–Trinajstić information content (AvgIpc) is 3.28. The van der Waals surface area contributed by atoms with Gasteiger partial charge in [-0.15, -0.1) is 0 Å². The highest BCUT2D eigenvalue weighted by atomic mass is 19.4. The first kappa shape index (κ1) is 20.9. The maximum Gasteiger partial charge on any atom is 0.416 e. The molecule has 29 heavy (non-hydrogen) atoms. The fraction of sp³-hybridized carbons (Fsp3) is 0.400. The molecule has 0 unspecified atom stereocenters. The third kappa shape index (κ3) is 5.83. The van der Waals surface area contributed by atoms with Gasteiger partial charge in [-0.3, -0.25) is 14.5 Å². The number of likely N-dealkylation sites (tertiary alicyclic amines) is 1. The largest absolute Gasteiger partial charge is 0.465 e. The van der Waals surface area contributed by atoms with Crippen molar-refractivity contribution in [3.8, 4) is 0 Å². The number of aryl methyl sites for hydroxylation is 1. The molecule has 0 saturated carbocycles. The van der Waals surface area contributed by atoms with Crippen molar-refractivity contribution >= 4 is 11.8 Å². The Hall–Kier alpha value is -2.81. The molecule has 9 heteroatoms. The zero-order valence-corrected chi connectivity index (χ0v) is 15.9. The standard InChI is InChI=1S/C20H22F3N3O3/c1-13-5-6-17(29-13)12-26-8-7-16(11-26)25-18(27)10-24-19(28)14-3-2-4-15(9-14)20(21,22)23/h2-6,9,16H,7-8,10-12H2,1H3,(H,24,28)(H,25,27)/t16-/m1/s1. The van der Waals surface area contributed by atoms with Gasteiger partial charge < -0.3 is 15.1 Å². The summed E-state index contributed by atoms with van der Waals surface area (Å²) in [5, 5.41) is 5.19. The Balaban J connectivity index is 1.44. The summed E-state index contributed by atoms with van der Waals surface area (Å²) >= 11 is 0. The van der Waals surface area contributed by atoms with Crippen molar-refractivity contribution < 1.29 is 27.2 Å². The number of hydrogen-bond donors (Lipinski definition) is 2.